The molecule has 5 nitrogen and oxygen atoms in total. The molecule has 0 bridgehead atoms. The molecule has 0 aliphatic heterocycles. The fourth-order valence-electron chi connectivity index (χ4n) is 1.45. The zero-order valence-electron chi connectivity index (χ0n) is 9.95. The number of aromatic nitrogens is 1. The summed E-state index contributed by atoms with van der Waals surface area (Å²) in [6.07, 6.45) is 1.27. The number of rotatable bonds is 3. The first-order chi connectivity index (χ1) is 9.51. The Labute approximate surface area is 111 Å². The second kappa shape index (κ2) is 5.57. The van der Waals surface area contributed by atoms with E-state index in [1.54, 1.807) is 0 Å². The molecule has 1 aromatic heterocycles. The SMILES string of the molecule is NNc1ccc(C(=O)Nc2c(F)cc(F)cc2F)nc1. The molecule has 2 rings (SSSR count). The number of carbonyl (C=O) groups is 1. The molecule has 1 aromatic carbocycles. The Hall–Kier alpha value is -2.61. The molecule has 0 spiro atoms. The largest absolute Gasteiger partial charge is 0.323 e. The van der Waals surface area contributed by atoms with E-state index in [1.807, 2.05) is 5.32 Å². The van der Waals surface area contributed by atoms with E-state index in [0.29, 0.717) is 17.8 Å². The number of nitrogen functional groups attached to an aromatic ring is 1. The van der Waals surface area contributed by atoms with Crippen molar-refractivity contribution in [2.75, 3.05) is 10.7 Å². The van der Waals surface area contributed by atoms with Gasteiger partial charge in [0.25, 0.3) is 5.91 Å². The van der Waals surface area contributed by atoms with Gasteiger partial charge in [-0.1, -0.05) is 0 Å². The standard InChI is InChI=1S/C12H9F3N4O/c13-6-3-8(14)11(9(15)4-6)18-12(20)10-2-1-7(19-16)5-17-10/h1-5,19H,16H2,(H,18,20). The van der Waals surface area contributed by atoms with Gasteiger partial charge in [-0.2, -0.15) is 0 Å². The number of nitrogens with two attached hydrogens (primary N) is 1. The van der Waals surface area contributed by atoms with E-state index in [4.69, 9.17) is 5.84 Å². The predicted octanol–water partition coefficient (Wildman–Crippen LogP) is 2.04. The first-order valence-corrected chi connectivity index (χ1v) is 5.40. The van der Waals surface area contributed by atoms with Crippen molar-refractivity contribution in [3.63, 3.8) is 0 Å². The minimum atomic E-state index is -1.21. The molecule has 1 amide bonds. The fourth-order valence-corrected chi connectivity index (χ4v) is 1.45. The molecule has 0 fully saturated rings. The minimum Gasteiger partial charge on any atom is -0.323 e. The summed E-state index contributed by atoms with van der Waals surface area (Å²) in [5.74, 6) is 0.795. The van der Waals surface area contributed by atoms with Crippen LogP contribution in [0.2, 0.25) is 0 Å². The maximum atomic E-state index is 13.4. The maximum Gasteiger partial charge on any atom is 0.274 e. The summed E-state index contributed by atoms with van der Waals surface area (Å²) in [4.78, 5) is 15.5. The third-order valence-corrected chi connectivity index (χ3v) is 2.41. The van der Waals surface area contributed by atoms with Crippen LogP contribution in [0.3, 0.4) is 0 Å². The van der Waals surface area contributed by atoms with Gasteiger partial charge in [-0.3, -0.25) is 10.6 Å². The van der Waals surface area contributed by atoms with Gasteiger partial charge in [-0.05, 0) is 12.1 Å². The molecular weight excluding hydrogens is 273 g/mol. The molecule has 0 unspecified atom stereocenters. The molecule has 104 valence electrons. The molecule has 1 heterocycles. The number of nitrogens with zero attached hydrogens (tertiary/aromatic N) is 1. The molecular formula is C12H9F3N4O. The summed E-state index contributed by atoms with van der Waals surface area (Å²) in [7, 11) is 0. The molecule has 4 N–H and O–H groups in total. The topological polar surface area (TPSA) is 80.0 Å². The van der Waals surface area contributed by atoms with Crippen LogP contribution in [-0.4, -0.2) is 10.9 Å². The number of anilines is 2. The van der Waals surface area contributed by atoms with Crippen LogP contribution in [-0.2, 0) is 0 Å². The van der Waals surface area contributed by atoms with Gasteiger partial charge in [0, 0.05) is 12.1 Å². The van der Waals surface area contributed by atoms with Crippen molar-refractivity contribution in [2.24, 2.45) is 5.84 Å². The molecule has 0 saturated carbocycles. The Kier molecular flexibility index (Phi) is 3.85. The number of hydrogen-bond acceptors (Lipinski definition) is 4. The summed E-state index contributed by atoms with van der Waals surface area (Å²) in [6.45, 7) is 0. The van der Waals surface area contributed by atoms with Gasteiger partial charge < -0.3 is 10.7 Å². The number of benzene rings is 1. The Morgan fingerprint density at radius 3 is 2.30 bits per heavy atom. The highest BCUT2D eigenvalue weighted by atomic mass is 19.1. The fraction of sp³-hybridized carbons (Fsp3) is 0. The summed E-state index contributed by atoms with van der Waals surface area (Å²) in [5, 5.41) is 1.99. The number of hydrogen-bond donors (Lipinski definition) is 3. The minimum absolute atomic E-state index is 0.0767. The van der Waals surface area contributed by atoms with Gasteiger partial charge >= 0.3 is 0 Å². The van der Waals surface area contributed by atoms with Crippen LogP contribution in [0.1, 0.15) is 10.5 Å². The molecule has 2 aromatic rings. The Morgan fingerprint density at radius 2 is 1.80 bits per heavy atom. The maximum absolute atomic E-state index is 13.4. The van der Waals surface area contributed by atoms with Gasteiger partial charge in [0.05, 0.1) is 11.9 Å². The smallest absolute Gasteiger partial charge is 0.274 e. The molecule has 8 heteroatoms. The quantitative estimate of drug-likeness (QED) is 0.594. The van der Waals surface area contributed by atoms with Crippen molar-refractivity contribution in [1.29, 1.82) is 0 Å². The molecule has 0 saturated heterocycles. The van der Waals surface area contributed by atoms with E-state index < -0.39 is 29.0 Å². The van der Waals surface area contributed by atoms with Crippen molar-refractivity contribution in [3.8, 4) is 0 Å². The van der Waals surface area contributed by atoms with E-state index in [9.17, 15) is 18.0 Å². The number of halogens is 3. The van der Waals surface area contributed by atoms with Crippen LogP contribution in [0, 0.1) is 17.5 Å². The third kappa shape index (κ3) is 2.86. The van der Waals surface area contributed by atoms with E-state index in [2.05, 4.69) is 10.4 Å². The van der Waals surface area contributed by atoms with E-state index in [1.165, 1.54) is 18.3 Å². The predicted molar refractivity (Wildman–Crippen MR) is 66.3 cm³/mol. The number of hydrazine groups is 1. The highest BCUT2D eigenvalue weighted by Crippen LogP contribution is 2.20. The Balaban J connectivity index is 2.23. The number of pyridine rings is 1. The Morgan fingerprint density at radius 1 is 1.15 bits per heavy atom. The second-order valence-electron chi connectivity index (χ2n) is 3.78. The summed E-state index contributed by atoms with van der Waals surface area (Å²) < 4.78 is 39.5. The molecule has 0 aliphatic carbocycles. The van der Waals surface area contributed by atoms with E-state index >= 15 is 0 Å². The lowest BCUT2D eigenvalue weighted by Crippen LogP contribution is -2.16. The van der Waals surface area contributed by atoms with Crippen molar-refractivity contribution in [3.05, 3.63) is 53.6 Å². The van der Waals surface area contributed by atoms with Crippen molar-refractivity contribution < 1.29 is 18.0 Å². The van der Waals surface area contributed by atoms with Crippen molar-refractivity contribution in [2.45, 2.75) is 0 Å². The average Bonchev–Trinajstić information content (AvgIpc) is 2.42. The number of carbonyl (C=O) groups excluding carboxylic acids is 1. The van der Waals surface area contributed by atoms with Gasteiger partial charge in [0.2, 0.25) is 0 Å². The van der Waals surface area contributed by atoms with Crippen LogP contribution in [0.4, 0.5) is 24.5 Å². The van der Waals surface area contributed by atoms with Crippen molar-refractivity contribution >= 4 is 17.3 Å². The monoisotopic (exact) mass is 282 g/mol. The average molecular weight is 282 g/mol. The first kappa shape index (κ1) is 13.8. The highest BCUT2D eigenvalue weighted by Gasteiger charge is 2.16. The second-order valence-corrected chi connectivity index (χ2v) is 3.78. The molecule has 0 radical (unpaired) electrons. The van der Waals surface area contributed by atoms with Crippen LogP contribution < -0.4 is 16.6 Å². The molecule has 0 atom stereocenters. The summed E-state index contributed by atoms with van der Waals surface area (Å²) in [6, 6.07) is 3.70. The summed E-state index contributed by atoms with van der Waals surface area (Å²) in [5.41, 5.74) is 1.96. The van der Waals surface area contributed by atoms with Crippen LogP contribution in [0.25, 0.3) is 0 Å². The van der Waals surface area contributed by atoms with Gasteiger partial charge in [-0.15, -0.1) is 0 Å². The summed E-state index contributed by atoms with van der Waals surface area (Å²) >= 11 is 0. The normalized spacial score (nSPS) is 10.2. The van der Waals surface area contributed by atoms with Crippen molar-refractivity contribution in [1.82, 2.24) is 4.98 Å². The van der Waals surface area contributed by atoms with Gasteiger partial charge in [0.1, 0.15) is 17.2 Å². The Bertz CT molecular complexity index is 623. The zero-order chi connectivity index (χ0) is 14.7. The van der Waals surface area contributed by atoms with Crippen LogP contribution in [0.15, 0.2) is 30.5 Å². The number of amides is 1. The lowest BCUT2D eigenvalue weighted by Gasteiger charge is -2.07. The van der Waals surface area contributed by atoms with E-state index in [-0.39, 0.29) is 5.69 Å². The first-order valence-electron chi connectivity index (χ1n) is 5.40. The molecule has 20 heavy (non-hydrogen) atoms. The van der Waals surface area contributed by atoms with Gasteiger partial charge in [-0.25, -0.2) is 18.2 Å². The lowest BCUT2D eigenvalue weighted by molar-refractivity contribution is 0.102. The molecule has 0 aliphatic rings. The van der Waals surface area contributed by atoms with Crippen LogP contribution >= 0.6 is 0 Å². The lowest BCUT2D eigenvalue weighted by atomic mass is 10.2. The van der Waals surface area contributed by atoms with Gasteiger partial charge in [0.15, 0.2) is 11.6 Å². The van der Waals surface area contributed by atoms with Crippen LogP contribution in [0.5, 0.6) is 0 Å². The van der Waals surface area contributed by atoms with E-state index in [0.717, 1.165) is 0 Å². The highest BCUT2D eigenvalue weighted by molar-refractivity contribution is 6.03. The number of nitrogens with one attached hydrogen (secondary N) is 2. The third-order valence-electron chi connectivity index (χ3n) is 2.41. The zero-order valence-corrected chi connectivity index (χ0v) is 9.95.